The standard InChI is InChI=1S/C31H33N5O7/c1-35-9-8-18-5-7-24(33-29(18)35)31(39)36-15-25-27(16-36)43-21-6-4-19(26(13-21)41-3)14-32-28(37)17-42-23-11-20(30(38)34-25)10-22(12-23)40-2/h4-7,10-13,25,27H,8-9,14-17H2,1-3H3,(H,32,37)(H,34,38)/t25-,27-/m0/s1. The van der Waals surface area contributed by atoms with Gasteiger partial charge in [0.2, 0.25) is 0 Å². The molecular weight excluding hydrogens is 554 g/mol. The second-order valence-corrected chi connectivity index (χ2v) is 10.7. The molecule has 224 valence electrons. The number of aromatic nitrogens is 1. The lowest BCUT2D eigenvalue weighted by Gasteiger charge is -2.22. The molecule has 2 atom stereocenters. The number of amides is 3. The summed E-state index contributed by atoms with van der Waals surface area (Å²) in [6.07, 6.45) is 0.324. The Hall–Kier alpha value is -5.00. The van der Waals surface area contributed by atoms with Gasteiger partial charge in [-0.05, 0) is 42.3 Å². The van der Waals surface area contributed by atoms with Gasteiger partial charge in [-0.1, -0.05) is 6.07 Å². The number of hydrogen-bond donors (Lipinski definition) is 2. The van der Waals surface area contributed by atoms with E-state index in [0.29, 0.717) is 28.7 Å². The van der Waals surface area contributed by atoms with Gasteiger partial charge in [0, 0.05) is 49.9 Å². The van der Waals surface area contributed by atoms with E-state index < -0.39 is 18.1 Å². The molecule has 3 aromatic rings. The quantitative estimate of drug-likeness (QED) is 0.471. The van der Waals surface area contributed by atoms with Crippen molar-refractivity contribution in [1.29, 1.82) is 0 Å². The number of likely N-dealkylation sites (N-methyl/N-ethyl adjacent to an activating group) is 1. The Morgan fingerprint density at radius 1 is 1.00 bits per heavy atom. The van der Waals surface area contributed by atoms with Gasteiger partial charge in [-0.15, -0.1) is 0 Å². The summed E-state index contributed by atoms with van der Waals surface area (Å²) in [6, 6.07) is 13.2. The maximum absolute atomic E-state index is 13.7. The largest absolute Gasteiger partial charge is 0.497 e. The highest BCUT2D eigenvalue weighted by Crippen LogP contribution is 2.30. The molecule has 1 saturated heterocycles. The molecule has 0 radical (unpaired) electrons. The summed E-state index contributed by atoms with van der Waals surface area (Å²) in [5.74, 6) is 1.55. The molecule has 12 heteroatoms. The average Bonchev–Trinajstić information content (AvgIpc) is 3.60. The number of rotatable bonds is 3. The number of methoxy groups -OCH3 is 2. The molecule has 1 fully saturated rings. The van der Waals surface area contributed by atoms with Crippen LogP contribution < -0.4 is 34.5 Å². The number of likely N-dealkylation sites (tertiary alicyclic amines) is 1. The fourth-order valence-electron chi connectivity index (χ4n) is 5.54. The summed E-state index contributed by atoms with van der Waals surface area (Å²) < 4.78 is 23.0. The van der Waals surface area contributed by atoms with E-state index in [9.17, 15) is 14.4 Å². The van der Waals surface area contributed by atoms with Crippen LogP contribution in [0.25, 0.3) is 0 Å². The van der Waals surface area contributed by atoms with Crippen LogP contribution in [0.3, 0.4) is 0 Å². The van der Waals surface area contributed by atoms with Crippen molar-refractivity contribution >= 4 is 23.5 Å². The Labute approximate surface area is 248 Å². The number of pyridine rings is 1. The lowest BCUT2D eigenvalue weighted by molar-refractivity contribution is -0.123. The first-order valence-corrected chi connectivity index (χ1v) is 14.0. The van der Waals surface area contributed by atoms with E-state index >= 15 is 0 Å². The number of nitrogens with one attached hydrogen (secondary N) is 2. The first-order chi connectivity index (χ1) is 20.8. The molecule has 2 N–H and O–H groups in total. The molecule has 0 unspecified atom stereocenters. The molecule has 43 heavy (non-hydrogen) atoms. The zero-order valence-corrected chi connectivity index (χ0v) is 24.2. The van der Waals surface area contributed by atoms with Gasteiger partial charge >= 0.3 is 0 Å². The van der Waals surface area contributed by atoms with Crippen LogP contribution in [0.2, 0.25) is 0 Å². The highest BCUT2D eigenvalue weighted by Gasteiger charge is 2.39. The molecule has 1 aromatic heterocycles. The zero-order chi connectivity index (χ0) is 30.1. The van der Waals surface area contributed by atoms with Crippen LogP contribution >= 0.6 is 0 Å². The predicted molar refractivity (Wildman–Crippen MR) is 156 cm³/mol. The fraction of sp³-hybridized carbons (Fsp3) is 0.355. The minimum atomic E-state index is -0.572. The van der Waals surface area contributed by atoms with Crippen LogP contribution in [-0.2, 0) is 17.8 Å². The third kappa shape index (κ3) is 5.85. The molecule has 2 aromatic carbocycles. The van der Waals surface area contributed by atoms with Crippen molar-refractivity contribution in [2.45, 2.75) is 25.1 Å². The van der Waals surface area contributed by atoms with Gasteiger partial charge in [0.05, 0.1) is 26.8 Å². The molecular formula is C31H33N5O7. The highest BCUT2D eigenvalue weighted by atomic mass is 16.5. The highest BCUT2D eigenvalue weighted by molar-refractivity contribution is 5.96. The molecule has 4 bridgehead atoms. The Bertz CT molecular complexity index is 1580. The van der Waals surface area contributed by atoms with Crippen molar-refractivity contribution in [3.8, 4) is 23.0 Å². The first-order valence-electron chi connectivity index (χ1n) is 14.0. The van der Waals surface area contributed by atoms with Crippen molar-refractivity contribution in [3.63, 3.8) is 0 Å². The Morgan fingerprint density at radius 3 is 2.65 bits per heavy atom. The summed E-state index contributed by atoms with van der Waals surface area (Å²) in [5.41, 5.74) is 2.48. The van der Waals surface area contributed by atoms with E-state index in [1.54, 1.807) is 47.4 Å². The predicted octanol–water partition coefficient (Wildman–Crippen LogP) is 1.80. The van der Waals surface area contributed by atoms with Crippen molar-refractivity contribution in [3.05, 3.63) is 70.9 Å². The number of ether oxygens (including phenoxy) is 4. The number of benzene rings is 2. The van der Waals surface area contributed by atoms with Crippen molar-refractivity contribution in [2.24, 2.45) is 0 Å². The van der Waals surface area contributed by atoms with Crippen LogP contribution in [0.4, 0.5) is 5.82 Å². The van der Waals surface area contributed by atoms with Crippen molar-refractivity contribution < 1.29 is 33.3 Å². The zero-order valence-electron chi connectivity index (χ0n) is 24.2. The third-order valence-corrected chi connectivity index (χ3v) is 7.89. The minimum Gasteiger partial charge on any atom is -0.497 e. The van der Waals surface area contributed by atoms with Crippen molar-refractivity contribution in [2.75, 3.05) is 52.4 Å². The monoisotopic (exact) mass is 587 g/mol. The Morgan fingerprint density at radius 2 is 1.84 bits per heavy atom. The van der Waals surface area contributed by atoms with Crippen LogP contribution in [-0.4, -0.2) is 87.3 Å². The van der Waals surface area contributed by atoms with E-state index in [4.69, 9.17) is 18.9 Å². The van der Waals surface area contributed by atoms with Gasteiger partial charge in [-0.25, -0.2) is 4.98 Å². The van der Waals surface area contributed by atoms with Gasteiger partial charge in [0.15, 0.2) is 6.61 Å². The molecule has 0 aliphatic carbocycles. The van der Waals surface area contributed by atoms with Crippen LogP contribution in [0, 0.1) is 0 Å². The van der Waals surface area contributed by atoms with E-state index in [0.717, 1.165) is 29.9 Å². The summed E-state index contributed by atoms with van der Waals surface area (Å²) in [7, 11) is 4.98. The van der Waals surface area contributed by atoms with Gasteiger partial charge in [-0.3, -0.25) is 14.4 Å². The molecule has 3 amide bonds. The Balaban J connectivity index is 1.32. The number of carbonyl (C=O) groups is 3. The minimum absolute atomic E-state index is 0.213. The topological polar surface area (TPSA) is 132 Å². The normalized spacial score (nSPS) is 19.8. The molecule has 4 aliphatic heterocycles. The van der Waals surface area contributed by atoms with Crippen molar-refractivity contribution in [1.82, 2.24) is 20.5 Å². The second kappa shape index (κ2) is 11.7. The fourth-order valence-corrected chi connectivity index (χ4v) is 5.54. The van der Waals surface area contributed by atoms with Gasteiger partial charge in [0.1, 0.15) is 40.6 Å². The molecule has 5 heterocycles. The number of nitrogens with zero attached hydrogens (tertiary/aromatic N) is 3. The molecule has 0 spiro atoms. The van der Waals surface area contributed by atoms with Gasteiger partial charge < -0.3 is 39.4 Å². The number of anilines is 1. The van der Waals surface area contributed by atoms with Gasteiger partial charge in [0.25, 0.3) is 17.7 Å². The second-order valence-electron chi connectivity index (χ2n) is 10.7. The van der Waals surface area contributed by atoms with Crippen LogP contribution in [0.1, 0.15) is 32.0 Å². The maximum Gasteiger partial charge on any atom is 0.272 e. The molecule has 0 saturated carbocycles. The van der Waals surface area contributed by atoms with E-state index in [-0.39, 0.29) is 43.6 Å². The molecule has 4 aliphatic rings. The summed E-state index contributed by atoms with van der Waals surface area (Å²) in [6.45, 7) is 1.26. The average molecular weight is 588 g/mol. The van der Waals surface area contributed by atoms with E-state index in [1.165, 1.54) is 14.2 Å². The third-order valence-electron chi connectivity index (χ3n) is 7.89. The SMILES string of the molecule is COc1cc2cc(c1)C(=O)N[C@H]1CN(C(=O)c3ccc4c(n3)N(C)CC4)C[C@@H]1Oc1ccc(c(OC)c1)CNC(=O)CO2. The first kappa shape index (κ1) is 28.1. The number of carbonyl (C=O) groups excluding carboxylic acids is 3. The van der Waals surface area contributed by atoms with Gasteiger partial charge in [-0.2, -0.15) is 0 Å². The molecule has 7 rings (SSSR count). The molecule has 12 nitrogen and oxygen atoms in total. The lowest BCUT2D eigenvalue weighted by atomic mass is 10.1. The van der Waals surface area contributed by atoms with E-state index in [2.05, 4.69) is 15.6 Å². The maximum atomic E-state index is 13.7. The smallest absolute Gasteiger partial charge is 0.272 e. The summed E-state index contributed by atoms with van der Waals surface area (Å²) in [5, 5.41) is 5.85. The Kier molecular flexibility index (Phi) is 7.66. The lowest BCUT2D eigenvalue weighted by Crippen LogP contribution is -2.45. The van der Waals surface area contributed by atoms with E-state index in [1.807, 2.05) is 18.0 Å². The summed E-state index contributed by atoms with van der Waals surface area (Å²) in [4.78, 5) is 48.0. The number of hydrogen-bond acceptors (Lipinski definition) is 9. The number of fused-ring (bicyclic) bond motifs is 8. The van der Waals surface area contributed by atoms with Crippen LogP contribution in [0.15, 0.2) is 48.5 Å². The summed E-state index contributed by atoms with van der Waals surface area (Å²) >= 11 is 0. The van der Waals surface area contributed by atoms with Crippen LogP contribution in [0.5, 0.6) is 23.0 Å².